The second-order valence-corrected chi connectivity index (χ2v) is 6.90. The zero-order chi connectivity index (χ0) is 20.1. The Labute approximate surface area is 170 Å². The maximum atomic E-state index is 12.8. The molecular weight excluding hydrogens is 362 g/mol. The van der Waals surface area contributed by atoms with Crippen LogP contribution in [0.1, 0.15) is 24.1 Å². The number of hydrogen-bond donors (Lipinski definition) is 1. The summed E-state index contributed by atoms with van der Waals surface area (Å²) in [6.45, 7) is 2.79. The van der Waals surface area contributed by atoms with Gasteiger partial charge in [0.05, 0.1) is 17.4 Å². The number of carbonyl (C=O) groups is 1. The summed E-state index contributed by atoms with van der Waals surface area (Å²) in [5, 5.41) is 3.05. The summed E-state index contributed by atoms with van der Waals surface area (Å²) in [6.07, 6.45) is 1.72. The predicted molar refractivity (Wildman–Crippen MR) is 114 cm³/mol. The lowest BCUT2D eigenvalue weighted by molar-refractivity contribution is -0.123. The zero-order valence-electron chi connectivity index (χ0n) is 16.3. The van der Waals surface area contributed by atoms with Crippen molar-refractivity contribution >= 4 is 16.9 Å². The molecule has 1 atom stereocenters. The van der Waals surface area contributed by atoms with Crippen molar-refractivity contribution < 1.29 is 9.53 Å². The van der Waals surface area contributed by atoms with Crippen molar-refractivity contribution in [3.63, 3.8) is 0 Å². The fourth-order valence-corrected chi connectivity index (χ4v) is 3.29. The molecular formula is C24H23N3O2. The number of fused-ring (bicyclic) bond motifs is 1. The van der Waals surface area contributed by atoms with Gasteiger partial charge in [0, 0.05) is 6.54 Å². The van der Waals surface area contributed by atoms with E-state index in [0.29, 0.717) is 13.2 Å². The molecule has 1 amide bonds. The topological polar surface area (TPSA) is 56.1 Å². The van der Waals surface area contributed by atoms with Crippen molar-refractivity contribution in [2.45, 2.75) is 26.1 Å². The molecule has 0 aliphatic carbocycles. The van der Waals surface area contributed by atoms with E-state index in [4.69, 9.17) is 4.74 Å². The molecule has 0 bridgehead atoms. The van der Waals surface area contributed by atoms with Gasteiger partial charge >= 0.3 is 0 Å². The van der Waals surface area contributed by atoms with Crippen LogP contribution in [0.3, 0.4) is 0 Å². The second-order valence-electron chi connectivity index (χ2n) is 6.90. The predicted octanol–water partition coefficient (Wildman–Crippen LogP) is 4.49. The minimum atomic E-state index is -0.352. The summed E-state index contributed by atoms with van der Waals surface area (Å²) >= 11 is 0. The third-order valence-corrected chi connectivity index (χ3v) is 4.99. The lowest BCUT2D eigenvalue weighted by atomic mass is 10.1. The molecule has 146 valence electrons. The molecule has 1 heterocycles. The Morgan fingerprint density at radius 2 is 1.66 bits per heavy atom. The highest BCUT2D eigenvalue weighted by Crippen LogP contribution is 2.18. The molecule has 0 saturated heterocycles. The average Bonchev–Trinajstić information content (AvgIpc) is 3.21. The van der Waals surface area contributed by atoms with E-state index in [1.807, 2.05) is 90.4 Å². The summed E-state index contributed by atoms with van der Waals surface area (Å²) in [6, 6.07) is 25.2. The SMILES string of the molecule is CC(C(=O)NCc1ccccc1COc1ccccc1)n1cnc2ccccc21. The van der Waals surface area contributed by atoms with Crippen LogP contribution >= 0.6 is 0 Å². The Hall–Kier alpha value is -3.60. The van der Waals surface area contributed by atoms with Crippen LogP contribution in [0.15, 0.2) is 85.2 Å². The van der Waals surface area contributed by atoms with Gasteiger partial charge in [0.1, 0.15) is 18.4 Å². The van der Waals surface area contributed by atoms with Gasteiger partial charge in [-0.05, 0) is 42.3 Å². The Kier molecular flexibility index (Phi) is 5.56. The molecule has 5 nitrogen and oxygen atoms in total. The minimum absolute atomic E-state index is 0.0491. The molecule has 0 aliphatic heterocycles. The Balaban J connectivity index is 1.41. The van der Waals surface area contributed by atoms with Gasteiger partial charge in [-0.15, -0.1) is 0 Å². The molecule has 5 heteroatoms. The van der Waals surface area contributed by atoms with Gasteiger partial charge in [-0.25, -0.2) is 4.98 Å². The van der Waals surface area contributed by atoms with Gasteiger partial charge in [-0.1, -0.05) is 54.6 Å². The molecule has 1 N–H and O–H groups in total. The van der Waals surface area contributed by atoms with E-state index in [1.165, 1.54) is 0 Å². The molecule has 0 saturated carbocycles. The first-order valence-corrected chi connectivity index (χ1v) is 9.66. The highest BCUT2D eigenvalue weighted by Gasteiger charge is 2.17. The monoisotopic (exact) mass is 385 g/mol. The standard InChI is InChI=1S/C24H23N3O2/c1-18(27-17-26-22-13-7-8-14-23(22)27)24(28)25-15-19-9-5-6-10-20(19)16-29-21-11-3-2-4-12-21/h2-14,17-18H,15-16H2,1H3,(H,25,28). The molecule has 4 rings (SSSR count). The molecule has 0 spiro atoms. The van der Waals surface area contributed by atoms with Gasteiger partial charge in [0.15, 0.2) is 0 Å². The average molecular weight is 385 g/mol. The van der Waals surface area contributed by atoms with E-state index in [-0.39, 0.29) is 11.9 Å². The third-order valence-electron chi connectivity index (χ3n) is 4.99. The normalized spacial score (nSPS) is 11.9. The number of imidazole rings is 1. The molecule has 0 radical (unpaired) electrons. The molecule has 3 aromatic carbocycles. The number of nitrogens with one attached hydrogen (secondary N) is 1. The van der Waals surface area contributed by atoms with E-state index in [0.717, 1.165) is 27.9 Å². The van der Waals surface area contributed by atoms with Crippen molar-refractivity contribution in [3.8, 4) is 5.75 Å². The highest BCUT2D eigenvalue weighted by molar-refractivity contribution is 5.83. The Morgan fingerprint density at radius 3 is 2.48 bits per heavy atom. The number of aromatic nitrogens is 2. The fraction of sp³-hybridized carbons (Fsp3) is 0.167. The number of nitrogens with zero attached hydrogens (tertiary/aromatic N) is 2. The number of ether oxygens (including phenoxy) is 1. The number of carbonyl (C=O) groups excluding carboxylic acids is 1. The van der Waals surface area contributed by atoms with Gasteiger partial charge in [0.2, 0.25) is 5.91 Å². The van der Waals surface area contributed by atoms with Crippen molar-refractivity contribution in [3.05, 3.63) is 96.3 Å². The number of rotatable bonds is 7. The van der Waals surface area contributed by atoms with E-state index in [1.54, 1.807) is 6.33 Å². The largest absolute Gasteiger partial charge is 0.489 e. The van der Waals surface area contributed by atoms with Gasteiger partial charge in [-0.2, -0.15) is 0 Å². The van der Waals surface area contributed by atoms with Gasteiger partial charge < -0.3 is 14.6 Å². The van der Waals surface area contributed by atoms with Crippen molar-refractivity contribution in [2.24, 2.45) is 0 Å². The summed E-state index contributed by atoms with van der Waals surface area (Å²) in [5.74, 6) is 0.777. The van der Waals surface area contributed by atoms with Crippen LogP contribution in [-0.2, 0) is 17.9 Å². The van der Waals surface area contributed by atoms with E-state index >= 15 is 0 Å². The Bertz CT molecular complexity index is 1110. The molecule has 29 heavy (non-hydrogen) atoms. The fourth-order valence-electron chi connectivity index (χ4n) is 3.29. The highest BCUT2D eigenvalue weighted by atomic mass is 16.5. The maximum Gasteiger partial charge on any atom is 0.243 e. The number of amides is 1. The number of benzene rings is 3. The molecule has 0 aliphatic rings. The maximum absolute atomic E-state index is 12.8. The van der Waals surface area contributed by atoms with E-state index < -0.39 is 0 Å². The smallest absolute Gasteiger partial charge is 0.243 e. The first kappa shape index (κ1) is 18.7. The summed E-state index contributed by atoms with van der Waals surface area (Å²) < 4.78 is 7.77. The lowest BCUT2D eigenvalue weighted by Gasteiger charge is -2.16. The zero-order valence-corrected chi connectivity index (χ0v) is 16.3. The molecule has 0 fully saturated rings. The second kappa shape index (κ2) is 8.61. The molecule has 1 unspecified atom stereocenters. The van der Waals surface area contributed by atoms with Crippen LogP contribution in [0.5, 0.6) is 5.75 Å². The summed E-state index contributed by atoms with van der Waals surface area (Å²) in [4.78, 5) is 17.1. The molecule has 1 aromatic heterocycles. The Morgan fingerprint density at radius 1 is 0.966 bits per heavy atom. The number of para-hydroxylation sites is 3. The van der Waals surface area contributed by atoms with Crippen molar-refractivity contribution in [2.75, 3.05) is 0 Å². The van der Waals surface area contributed by atoms with E-state index in [2.05, 4.69) is 10.3 Å². The van der Waals surface area contributed by atoms with Crippen LogP contribution in [0.2, 0.25) is 0 Å². The quantitative estimate of drug-likeness (QED) is 0.510. The minimum Gasteiger partial charge on any atom is -0.489 e. The molecule has 4 aromatic rings. The first-order chi connectivity index (χ1) is 14.2. The van der Waals surface area contributed by atoms with Gasteiger partial charge in [0.25, 0.3) is 0 Å². The number of hydrogen-bond acceptors (Lipinski definition) is 3. The van der Waals surface area contributed by atoms with Crippen LogP contribution in [0, 0.1) is 0 Å². The van der Waals surface area contributed by atoms with Crippen LogP contribution in [0.4, 0.5) is 0 Å². The van der Waals surface area contributed by atoms with Gasteiger partial charge in [-0.3, -0.25) is 4.79 Å². The van der Waals surface area contributed by atoms with Crippen LogP contribution in [0.25, 0.3) is 11.0 Å². The van der Waals surface area contributed by atoms with Crippen LogP contribution < -0.4 is 10.1 Å². The van der Waals surface area contributed by atoms with Crippen molar-refractivity contribution in [1.82, 2.24) is 14.9 Å². The van der Waals surface area contributed by atoms with E-state index in [9.17, 15) is 4.79 Å². The first-order valence-electron chi connectivity index (χ1n) is 9.66. The van der Waals surface area contributed by atoms with Crippen LogP contribution in [-0.4, -0.2) is 15.5 Å². The lowest BCUT2D eigenvalue weighted by Crippen LogP contribution is -2.30. The summed E-state index contributed by atoms with van der Waals surface area (Å²) in [5.41, 5.74) is 3.93. The van der Waals surface area contributed by atoms with Crippen molar-refractivity contribution in [1.29, 1.82) is 0 Å². The summed E-state index contributed by atoms with van der Waals surface area (Å²) in [7, 11) is 0. The third kappa shape index (κ3) is 4.29.